The topological polar surface area (TPSA) is 48.5 Å². The highest BCUT2D eigenvalue weighted by Crippen LogP contribution is 2.19. The summed E-state index contributed by atoms with van der Waals surface area (Å²) in [5.41, 5.74) is 2.32. The van der Waals surface area contributed by atoms with Crippen LogP contribution in [0.4, 0.5) is 15.8 Å². The van der Waals surface area contributed by atoms with Crippen molar-refractivity contribution in [2.75, 3.05) is 36.4 Å². The molecule has 3 rings (SSSR count). The number of nitrogens with zero attached hydrogens (tertiary/aromatic N) is 3. The van der Waals surface area contributed by atoms with E-state index < -0.39 is 0 Å². The number of halogens is 1. The van der Waals surface area contributed by atoms with Gasteiger partial charge in [0.25, 0.3) is 5.91 Å². The third-order valence-corrected chi connectivity index (χ3v) is 4.26. The molecular weight excluding hydrogens is 331 g/mol. The number of hydrogen-bond acceptors (Lipinski definition) is 4. The van der Waals surface area contributed by atoms with Crippen LogP contribution >= 0.6 is 0 Å². The van der Waals surface area contributed by atoms with Crippen molar-refractivity contribution in [1.29, 1.82) is 0 Å². The predicted molar refractivity (Wildman–Crippen MR) is 102 cm³/mol. The lowest BCUT2D eigenvalue weighted by Gasteiger charge is -2.36. The molecular formula is C20H25FN4O. The van der Waals surface area contributed by atoms with E-state index >= 15 is 0 Å². The number of amides is 1. The van der Waals surface area contributed by atoms with Gasteiger partial charge in [-0.3, -0.25) is 9.78 Å². The molecule has 2 aromatic rings. The van der Waals surface area contributed by atoms with Gasteiger partial charge in [-0.05, 0) is 51.1 Å². The van der Waals surface area contributed by atoms with Crippen LogP contribution in [0.2, 0.25) is 0 Å². The van der Waals surface area contributed by atoms with Crippen LogP contribution in [-0.4, -0.2) is 47.5 Å². The Morgan fingerprint density at radius 1 is 1.08 bits per heavy atom. The molecule has 6 heteroatoms. The first-order valence-corrected chi connectivity index (χ1v) is 8.85. The molecule has 0 radical (unpaired) electrons. The number of benzene rings is 1. The minimum Gasteiger partial charge on any atom is -0.379 e. The molecule has 1 N–H and O–H groups in total. The Morgan fingerprint density at radius 3 is 2.35 bits per heavy atom. The summed E-state index contributed by atoms with van der Waals surface area (Å²) < 4.78 is 13.1. The molecule has 5 nitrogen and oxygen atoms in total. The second-order valence-corrected chi connectivity index (χ2v) is 7.59. The average molecular weight is 356 g/mol. The van der Waals surface area contributed by atoms with Gasteiger partial charge in [-0.1, -0.05) is 0 Å². The summed E-state index contributed by atoms with van der Waals surface area (Å²) in [5.74, 6) is -0.243. The summed E-state index contributed by atoms with van der Waals surface area (Å²) in [4.78, 5) is 21.0. The smallest absolute Gasteiger partial charge is 0.255 e. The number of anilines is 2. The molecule has 0 unspecified atom stereocenters. The van der Waals surface area contributed by atoms with Crippen LogP contribution in [0.5, 0.6) is 0 Å². The van der Waals surface area contributed by atoms with Crippen LogP contribution in [0, 0.1) is 5.82 Å². The Bertz CT molecular complexity index is 762. The van der Waals surface area contributed by atoms with E-state index in [0.29, 0.717) is 18.7 Å². The first kappa shape index (κ1) is 18.2. The van der Waals surface area contributed by atoms with E-state index in [1.165, 1.54) is 12.1 Å². The molecule has 1 fully saturated rings. The summed E-state index contributed by atoms with van der Waals surface area (Å²) in [6.07, 6.45) is 3.34. The maximum atomic E-state index is 13.1. The summed E-state index contributed by atoms with van der Waals surface area (Å²) in [5, 5.41) is 3.34. The van der Waals surface area contributed by atoms with Crippen molar-refractivity contribution in [3.05, 3.63) is 54.1 Å². The highest BCUT2D eigenvalue weighted by molar-refractivity contribution is 5.95. The normalized spacial score (nSPS) is 15.1. The molecule has 0 bridgehead atoms. The van der Waals surface area contributed by atoms with Gasteiger partial charge in [0.2, 0.25) is 0 Å². The zero-order valence-electron chi connectivity index (χ0n) is 15.5. The van der Waals surface area contributed by atoms with E-state index in [0.717, 1.165) is 24.5 Å². The number of pyridine rings is 1. The molecule has 1 aliphatic rings. The van der Waals surface area contributed by atoms with Gasteiger partial charge in [-0.25, -0.2) is 4.39 Å². The summed E-state index contributed by atoms with van der Waals surface area (Å²) in [6.45, 7) is 8.91. The molecule has 1 amide bonds. The van der Waals surface area contributed by atoms with Crippen LogP contribution in [0.3, 0.4) is 0 Å². The summed E-state index contributed by atoms with van der Waals surface area (Å²) in [7, 11) is 0. The molecule has 2 heterocycles. The van der Waals surface area contributed by atoms with Gasteiger partial charge in [0.15, 0.2) is 0 Å². The van der Waals surface area contributed by atoms with Crippen LogP contribution in [0.25, 0.3) is 0 Å². The number of piperazine rings is 1. The van der Waals surface area contributed by atoms with Gasteiger partial charge in [0.1, 0.15) is 5.82 Å². The Morgan fingerprint density at radius 2 is 1.73 bits per heavy atom. The fraction of sp³-hybridized carbons (Fsp3) is 0.400. The van der Waals surface area contributed by atoms with Crippen LogP contribution in [-0.2, 0) is 0 Å². The highest BCUT2D eigenvalue weighted by atomic mass is 19.1. The molecule has 1 aliphatic heterocycles. The van der Waals surface area contributed by atoms with Gasteiger partial charge < -0.3 is 15.1 Å². The Labute approximate surface area is 153 Å². The van der Waals surface area contributed by atoms with Crippen LogP contribution in [0.15, 0.2) is 42.7 Å². The lowest BCUT2D eigenvalue weighted by molar-refractivity contribution is 0.0746. The van der Waals surface area contributed by atoms with Crippen LogP contribution in [0.1, 0.15) is 31.1 Å². The third-order valence-electron chi connectivity index (χ3n) is 4.26. The molecule has 0 aliphatic carbocycles. The molecule has 1 saturated heterocycles. The zero-order valence-corrected chi connectivity index (χ0v) is 15.5. The van der Waals surface area contributed by atoms with E-state index in [2.05, 4.69) is 36.0 Å². The first-order valence-electron chi connectivity index (χ1n) is 8.85. The van der Waals surface area contributed by atoms with Crippen molar-refractivity contribution in [3.8, 4) is 0 Å². The Kier molecular flexibility index (Phi) is 5.11. The zero-order chi connectivity index (χ0) is 18.7. The van der Waals surface area contributed by atoms with Gasteiger partial charge in [-0.15, -0.1) is 0 Å². The van der Waals surface area contributed by atoms with Crippen molar-refractivity contribution >= 4 is 17.3 Å². The maximum absolute atomic E-state index is 13.1. The second kappa shape index (κ2) is 7.32. The van der Waals surface area contributed by atoms with E-state index in [-0.39, 0.29) is 17.3 Å². The Hall–Kier alpha value is -2.63. The highest BCUT2D eigenvalue weighted by Gasteiger charge is 2.23. The largest absolute Gasteiger partial charge is 0.379 e. The monoisotopic (exact) mass is 356 g/mol. The molecule has 26 heavy (non-hydrogen) atoms. The van der Waals surface area contributed by atoms with Crippen molar-refractivity contribution in [2.24, 2.45) is 0 Å². The number of nitrogens with one attached hydrogen (secondary N) is 1. The SMILES string of the molecule is CC(C)(C)Nc1cncc(C(=O)N2CCN(c3ccc(F)cc3)CC2)c1. The van der Waals surface area contributed by atoms with E-state index in [1.807, 2.05) is 11.0 Å². The molecule has 1 aromatic heterocycles. The summed E-state index contributed by atoms with van der Waals surface area (Å²) >= 11 is 0. The Balaban J connectivity index is 1.63. The molecule has 0 saturated carbocycles. The lowest BCUT2D eigenvalue weighted by atomic mass is 10.1. The third kappa shape index (κ3) is 4.50. The average Bonchev–Trinajstić information content (AvgIpc) is 2.61. The standard InChI is InChI=1S/C20H25FN4O/c1-20(2,3)23-17-12-15(13-22-14-17)19(26)25-10-8-24(9-11-25)18-6-4-16(21)5-7-18/h4-7,12-14,23H,8-11H2,1-3H3. The molecule has 0 atom stereocenters. The number of carbonyl (C=O) groups excluding carboxylic acids is 1. The molecule has 0 spiro atoms. The predicted octanol–water partition coefficient (Wildman–Crippen LogP) is 3.39. The minimum absolute atomic E-state index is 0.00573. The van der Waals surface area contributed by atoms with Crippen molar-refractivity contribution in [2.45, 2.75) is 26.3 Å². The van der Waals surface area contributed by atoms with Crippen molar-refractivity contribution in [1.82, 2.24) is 9.88 Å². The first-order chi connectivity index (χ1) is 12.3. The fourth-order valence-electron chi connectivity index (χ4n) is 3.06. The fourth-order valence-corrected chi connectivity index (χ4v) is 3.06. The maximum Gasteiger partial charge on any atom is 0.255 e. The van der Waals surface area contributed by atoms with Gasteiger partial charge >= 0.3 is 0 Å². The van der Waals surface area contributed by atoms with Gasteiger partial charge in [0.05, 0.1) is 11.3 Å². The van der Waals surface area contributed by atoms with Crippen molar-refractivity contribution in [3.63, 3.8) is 0 Å². The van der Waals surface area contributed by atoms with Crippen LogP contribution < -0.4 is 10.2 Å². The van der Waals surface area contributed by atoms with Gasteiger partial charge in [-0.2, -0.15) is 0 Å². The van der Waals surface area contributed by atoms with Crippen molar-refractivity contribution < 1.29 is 9.18 Å². The summed E-state index contributed by atoms with van der Waals surface area (Å²) in [6, 6.07) is 8.34. The van der Waals surface area contributed by atoms with E-state index in [4.69, 9.17) is 0 Å². The number of aromatic nitrogens is 1. The number of hydrogen-bond donors (Lipinski definition) is 1. The van der Waals surface area contributed by atoms with E-state index in [1.54, 1.807) is 24.5 Å². The van der Waals surface area contributed by atoms with E-state index in [9.17, 15) is 9.18 Å². The van der Waals surface area contributed by atoms with Gasteiger partial charge in [0, 0.05) is 49.8 Å². The number of rotatable bonds is 3. The minimum atomic E-state index is -0.237. The quantitative estimate of drug-likeness (QED) is 0.916. The second-order valence-electron chi connectivity index (χ2n) is 7.59. The lowest BCUT2D eigenvalue weighted by Crippen LogP contribution is -2.48. The molecule has 1 aromatic carbocycles. The molecule has 138 valence electrons. The number of carbonyl (C=O) groups is 1.